The summed E-state index contributed by atoms with van der Waals surface area (Å²) in [6, 6.07) is -0.0583. The SMILES string of the molecule is C#CC(C)NCCS(=O)(=O)CC. The molecule has 0 fully saturated rings. The summed E-state index contributed by atoms with van der Waals surface area (Å²) in [5.74, 6) is 2.82. The fourth-order valence-electron chi connectivity index (χ4n) is 0.634. The topological polar surface area (TPSA) is 46.2 Å². The maximum atomic E-state index is 11.0. The van der Waals surface area contributed by atoms with E-state index in [0.717, 1.165) is 0 Å². The molecule has 0 saturated heterocycles. The van der Waals surface area contributed by atoms with E-state index >= 15 is 0 Å². The summed E-state index contributed by atoms with van der Waals surface area (Å²) in [4.78, 5) is 0. The molecule has 0 aliphatic carbocycles. The smallest absolute Gasteiger partial charge is 0.151 e. The van der Waals surface area contributed by atoms with E-state index in [1.54, 1.807) is 6.92 Å². The number of nitrogens with one attached hydrogen (secondary N) is 1. The second-order valence-electron chi connectivity index (χ2n) is 2.58. The first-order valence-corrected chi connectivity index (χ1v) is 5.74. The predicted molar refractivity (Wildman–Crippen MR) is 50.6 cm³/mol. The van der Waals surface area contributed by atoms with Crippen LogP contribution in [0.25, 0.3) is 0 Å². The molecule has 12 heavy (non-hydrogen) atoms. The van der Waals surface area contributed by atoms with Crippen LogP contribution in [0.5, 0.6) is 0 Å². The maximum absolute atomic E-state index is 11.0. The van der Waals surface area contributed by atoms with Gasteiger partial charge in [-0.25, -0.2) is 8.42 Å². The van der Waals surface area contributed by atoms with Crippen molar-refractivity contribution >= 4 is 9.84 Å². The fraction of sp³-hybridized carbons (Fsp3) is 0.750. The van der Waals surface area contributed by atoms with Crippen LogP contribution < -0.4 is 5.32 Å². The molecule has 0 bridgehead atoms. The van der Waals surface area contributed by atoms with E-state index < -0.39 is 9.84 Å². The van der Waals surface area contributed by atoms with Crippen molar-refractivity contribution < 1.29 is 8.42 Å². The van der Waals surface area contributed by atoms with Crippen LogP contribution >= 0.6 is 0 Å². The van der Waals surface area contributed by atoms with E-state index in [9.17, 15) is 8.42 Å². The van der Waals surface area contributed by atoms with Gasteiger partial charge >= 0.3 is 0 Å². The third-order valence-electron chi connectivity index (χ3n) is 1.55. The Morgan fingerprint density at radius 3 is 2.58 bits per heavy atom. The highest BCUT2D eigenvalue weighted by Gasteiger charge is 2.06. The van der Waals surface area contributed by atoms with Gasteiger partial charge in [0.25, 0.3) is 0 Å². The molecular weight excluding hydrogens is 174 g/mol. The van der Waals surface area contributed by atoms with Gasteiger partial charge in [0, 0.05) is 12.3 Å². The van der Waals surface area contributed by atoms with Crippen LogP contribution in [-0.4, -0.2) is 32.5 Å². The molecule has 0 aromatic carbocycles. The van der Waals surface area contributed by atoms with Crippen molar-refractivity contribution in [3.05, 3.63) is 0 Å². The van der Waals surface area contributed by atoms with E-state index in [-0.39, 0.29) is 17.5 Å². The van der Waals surface area contributed by atoms with Crippen LogP contribution in [0.4, 0.5) is 0 Å². The van der Waals surface area contributed by atoms with Crippen molar-refractivity contribution in [2.75, 3.05) is 18.1 Å². The molecule has 1 unspecified atom stereocenters. The molecule has 4 heteroatoms. The minimum atomic E-state index is -2.85. The van der Waals surface area contributed by atoms with Gasteiger partial charge < -0.3 is 5.32 Å². The Morgan fingerprint density at radius 1 is 1.58 bits per heavy atom. The van der Waals surface area contributed by atoms with Crippen LogP contribution in [0, 0.1) is 12.3 Å². The molecular formula is C8H15NO2S. The summed E-state index contributed by atoms with van der Waals surface area (Å²) < 4.78 is 22.0. The van der Waals surface area contributed by atoms with Gasteiger partial charge in [0.05, 0.1) is 11.8 Å². The monoisotopic (exact) mass is 189 g/mol. The molecule has 0 aliphatic heterocycles. The molecule has 0 heterocycles. The predicted octanol–water partition coefficient (Wildman–Crippen LogP) is 0.0324. The van der Waals surface area contributed by atoms with E-state index in [0.29, 0.717) is 6.54 Å². The summed E-state index contributed by atoms with van der Waals surface area (Å²) in [5, 5.41) is 2.91. The molecule has 1 N–H and O–H groups in total. The molecule has 0 amide bonds. The van der Waals surface area contributed by atoms with E-state index in [2.05, 4.69) is 11.2 Å². The number of rotatable bonds is 5. The van der Waals surface area contributed by atoms with E-state index in [4.69, 9.17) is 6.42 Å². The largest absolute Gasteiger partial charge is 0.303 e. The number of sulfone groups is 1. The third-order valence-corrected chi connectivity index (χ3v) is 3.26. The van der Waals surface area contributed by atoms with Crippen LogP contribution in [0.3, 0.4) is 0 Å². The Bertz CT molecular complexity index is 251. The zero-order chi connectivity index (χ0) is 9.61. The summed E-state index contributed by atoms with van der Waals surface area (Å²) in [7, 11) is -2.85. The number of terminal acetylenes is 1. The highest BCUT2D eigenvalue weighted by atomic mass is 32.2. The average Bonchev–Trinajstić information content (AvgIpc) is 2.04. The van der Waals surface area contributed by atoms with Gasteiger partial charge in [-0.15, -0.1) is 6.42 Å². The highest BCUT2D eigenvalue weighted by molar-refractivity contribution is 7.91. The number of hydrogen-bond acceptors (Lipinski definition) is 3. The Labute approximate surface area is 74.5 Å². The molecule has 70 valence electrons. The molecule has 0 rings (SSSR count). The highest BCUT2D eigenvalue weighted by Crippen LogP contribution is 1.87. The maximum Gasteiger partial charge on any atom is 0.151 e. The van der Waals surface area contributed by atoms with Crippen LogP contribution in [0.1, 0.15) is 13.8 Å². The van der Waals surface area contributed by atoms with Gasteiger partial charge in [-0.2, -0.15) is 0 Å². The first-order valence-electron chi connectivity index (χ1n) is 3.91. The van der Waals surface area contributed by atoms with E-state index in [1.165, 1.54) is 0 Å². The fourth-order valence-corrected chi connectivity index (χ4v) is 1.35. The van der Waals surface area contributed by atoms with E-state index in [1.807, 2.05) is 6.92 Å². The molecule has 0 aromatic rings. The average molecular weight is 189 g/mol. The Morgan fingerprint density at radius 2 is 2.17 bits per heavy atom. The van der Waals surface area contributed by atoms with Crippen molar-refractivity contribution in [1.82, 2.24) is 5.32 Å². The first kappa shape index (κ1) is 11.5. The molecule has 0 aliphatic rings. The van der Waals surface area contributed by atoms with Crippen molar-refractivity contribution in [3.8, 4) is 12.3 Å². The summed E-state index contributed by atoms with van der Waals surface area (Å²) in [5.41, 5.74) is 0. The molecule has 0 spiro atoms. The van der Waals surface area contributed by atoms with Gasteiger partial charge in [0.2, 0.25) is 0 Å². The summed E-state index contributed by atoms with van der Waals surface area (Å²) in [6.07, 6.45) is 5.09. The van der Waals surface area contributed by atoms with Crippen molar-refractivity contribution in [3.63, 3.8) is 0 Å². The lowest BCUT2D eigenvalue weighted by Crippen LogP contribution is -2.30. The van der Waals surface area contributed by atoms with Gasteiger partial charge in [-0.3, -0.25) is 0 Å². The minimum absolute atomic E-state index is 0.0583. The molecule has 0 saturated carbocycles. The Balaban J connectivity index is 3.66. The Kier molecular flexibility index (Phi) is 4.95. The second kappa shape index (κ2) is 5.18. The molecule has 0 radical (unpaired) electrons. The zero-order valence-electron chi connectivity index (χ0n) is 7.50. The quantitative estimate of drug-likeness (QED) is 0.621. The zero-order valence-corrected chi connectivity index (χ0v) is 8.32. The van der Waals surface area contributed by atoms with Crippen LogP contribution in [0.15, 0.2) is 0 Å². The third kappa shape index (κ3) is 5.16. The van der Waals surface area contributed by atoms with Gasteiger partial charge in [-0.1, -0.05) is 12.8 Å². The van der Waals surface area contributed by atoms with Crippen molar-refractivity contribution in [2.45, 2.75) is 19.9 Å². The number of hydrogen-bond donors (Lipinski definition) is 1. The van der Waals surface area contributed by atoms with Crippen LogP contribution in [-0.2, 0) is 9.84 Å². The molecule has 0 aromatic heterocycles. The lowest BCUT2D eigenvalue weighted by Gasteiger charge is -2.06. The minimum Gasteiger partial charge on any atom is -0.303 e. The lowest BCUT2D eigenvalue weighted by atomic mass is 10.4. The Hall–Kier alpha value is -0.530. The molecule has 1 atom stereocenters. The van der Waals surface area contributed by atoms with Crippen molar-refractivity contribution in [1.29, 1.82) is 0 Å². The van der Waals surface area contributed by atoms with Crippen LogP contribution in [0.2, 0.25) is 0 Å². The first-order chi connectivity index (χ1) is 5.52. The molecule has 3 nitrogen and oxygen atoms in total. The summed E-state index contributed by atoms with van der Waals surface area (Å²) in [6.45, 7) is 3.89. The van der Waals surface area contributed by atoms with Gasteiger partial charge in [0.15, 0.2) is 9.84 Å². The normalized spacial score (nSPS) is 13.8. The van der Waals surface area contributed by atoms with Gasteiger partial charge in [0.1, 0.15) is 0 Å². The van der Waals surface area contributed by atoms with Gasteiger partial charge in [-0.05, 0) is 6.92 Å². The van der Waals surface area contributed by atoms with Crippen molar-refractivity contribution in [2.24, 2.45) is 0 Å². The lowest BCUT2D eigenvalue weighted by molar-refractivity contribution is 0.589. The summed E-state index contributed by atoms with van der Waals surface area (Å²) >= 11 is 0. The standard InChI is InChI=1S/C8H15NO2S/c1-4-8(3)9-6-7-12(10,11)5-2/h1,8-9H,5-7H2,2-3H3. The second-order valence-corrected chi connectivity index (χ2v) is 5.05.